The number of rotatable bonds is 8. The Balaban J connectivity index is 1.92. The smallest absolute Gasteiger partial charge is 0.311 e. The number of benzene rings is 1. The summed E-state index contributed by atoms with van der Waals surface area (Å²) >= 11 is 0. The molecule has 2 N–H and O–H groups in total. The van der Waals surface area contributed by atoms with E-state index < -0.39 is 23.2 Å². The van der Waals surface area contributed by atoms with Gasteiger partial charge in [0.15, 0.2) is 0 Å². The Hall–Kier alpha value is -2.70. The van der Waals surface area contributed by atoms with Crippen molar-refractivity contribution in [3.63, 3.8) is 0 Å². The number of imide groups is 1. The van der Waals surface area contributed by atoms with E-state index in [1.54, 1.807) is 38.1 Å². The Morgan fingerprint density at radius 2 is 1.60 bits per heavy atom. The van der Waals surface area contributed by atoms with Crippen molar-refractivity contribution in [2.24, 2.45) is 5.41 Å². The predicted octanol–water partition coefficient (Wildman–Crippen LogP) is 1.68. The molecule has 0 bridgehead atoms. The van der Waals surface area contributed by atoms with Gasteiger partial charge in [-0.15, -0.1) is 0 Å². The third-order valence-electron chi connectivity index (χ3n) is 4.87. The second-order valence-electron chi connectivity index (χ2n) is 6.13. The second kappa shape index (κ2) is 7.46. The highest BCUT2D eigenvalue weighted by molar-refractivity contribution is 6.21. The highest BCUT2D eigenvalue weighted by atomic mass is 16.4. The van der Waals surface area contributed by atoms with E-state index in [0.717, 1.165) is 4.90 Å². The number of carboxylic acids is 1. The van der Waals surface area contributed by atoms with Gasteiger partial charge in [0.2, 0.25) is 5.91 Å². The molecule has 0 aliphatic carbocycles. The zero-order valence-electron chi connectivity index (χ0n) is 14.4. The van der Waals surface area contributed by atoms with E-state index in [1.807, 2.05) is 0 Å². The Morgan fingerprint density at radius 1 is 1.08 bits per heavy atom. The highest BCUT2D eigenvalue weighted by Crippen LogP contribution is 2.26. The van der Waals surface area contributed by atoms with Crippen LogP contribution in [0, 0.1) is 5.41 Å². The van der Waals surface area contributed by atoms with Gasteiger partial charge in [-0.3, -0.25) is 24.1 Å². The number of carboxylic acid groups (broad SMARTS) is 1. The summed E-state index contributed by atoms with van der Waals surface area (Å²) in [5, 5.41) is 12.0. The van der Waals surface area contributed by atoms with Crippen molar-refractivity contribution in [3.05, 3.63) is 35.4 Å². The number of carbonyl (C=O) groups is 4. The molecule has 25 heavy (non-hydrogen) atoms. The summed E-state index contributed by atoms with van der Waals surface area (Å²) in [6.07, 6.45) is 0.740. The van der Waals surface area contributed by atoms with Crippen LogP contribution in [0.5, 0.6) is 0 Å². The average Bonchev–Trinajstić information content (AvgIpc) is 2.85. The Kier molecular flexibility index (Phi) is 5.56. The van der Waals surface area contributed by atoms with Crippen LogP contribution in [0.1, 0.15) is 53.8 Å². The number of hydrogen-bond donors (Lipinski definition) is 2. The van der Waals surface area contributed by atoms with E-state index in [9.17, 15) is 24.3 Å². The summed E-state index contributed by atoms with van der Waals surface area (Å²) in [4.78, 5) is 48.9. The molecule has 7 nitrogen and oxygen atoms in total. The quantitative estimate of drug-likeness (QED) is 0.697. The number of aliphatic carboxylic acids is 1. The Labute approximate surface area is 146 Å². The van der Waals surface area contributed by atoms with Gasteiger partial charge in [-0.2, -0.15) is 0 Å². The fourth-order valence-electron chi connectivity index (χ4n) is 2.89. The molecule has 0 fully saturated rings. The van der Waals surface area contributed by atoms with Gasteiger partial charge in [0, 0.05) is 19.5 Å². The molecule has 1 aromatic carbocycles. The number of fused-ring (bicyclic) bond motifs is 1. The van der Waals surface area contributed by atoms with Crippen LogP contribution in [0.2, 0.25) is 0 Å². The van der Waals surface area contributed by atoms with Crippen LogP contribution < -0.4 is 5.32 Å². The molecule has 1 aromatic rings. The maximum Gasteiger partial charge on any atom is 0.311 e. The van der Waals surface area contributed by atoms with Crippen molar-refractivity contribution in [1.82, 2.24) is 10.2 Å². The van der Waals surface area contributed by atoms with Crippen molar-refractivity contribution in [3.8, 4) is 0 Å². The van der Waals surface area contributed by atoms with Gasteiger partial charge in [0.05, 0.1) is 16.5 Å². The molecule has 1 heterocycles. The van der Waals surface area contributed by atoms with E-state index in [0.29, 0.717) is 24.0 Å². The van der Waals surface area contributed by atoms with Crippen molar-refractivity contribution in [2.45, 2.75) is 33.1 Å². The molecule has 0 aromatic heterocycles. The number of nitrogens with one attached hydrogen (secondary N) is 1. The summed E-state index contributed by atoms with van der Waals surface area (Å²) in [6, 6.07) is 6.53. The van der Waals surface area contributed by atoms with Crippen molar-refractivity contribution in [1.29, 1.82) is 0 Å². The normalized spacial score (nSPS) is 13.8. The Morgan fingerprint density at radius 3 is 2.04 bits per heavy atom. The van der Waals surface area contributed by atoms with Crippen LogP contribution in [0.3, 0.4) is 0 Å². The minimum atomic E-state index is -0.995. The van der Waals surface area contributed by atoms with E-state index in [1.165, 1.54) is 0 Å². The first-order valence-electron chi connectivity index (χ1n) is 8.31. The van der Waals surface area contributed by atoms with E-state index in [4.69, 9.17) is 0 Å². The van der Waals surface area contributed by atoms with Gasteiger partial charge in [-0.1, -0.05) is 26.0 Å². The molecule has 3 amide bonds. The van der Waals surface area contributed by atoms with Crippen molar-refractivity contribution >= 4 is 23.7 Å². The van der Waals surface area contributed by atoms with Gasteiger partial charge in [-0.25, -0.2) is 0 Å². The van der Waals surface area contributed by atoms with Crippen LogP contribution >= 0.6 is 0 Å². The molecular weight excluding hydrogens is 324 g/mol. The average molecular weight is 346 g/mol. The van der Waals surface area contributed by atoms with E-state index >= 15 is 0 Å². The fourth-order valence-corrected chi connectivity index (χ4v) is 2.89. The molecule has 2 rings (SSSR count). The van der Waals surface area contributed by atoms with Gasteiger partial charge < -0.3 is 10.4 Å². The zero-order chi connectivity index (χ0) is 18.6. The maximum atomic E-state index is 12.2. The van der Waals surface area contributed by atoms with Crippen LogP contribution in [0.15, 0.2) is 24.3 Å². The third kappa shape index (κ3) is 3.55. The summed E-state index contributed by atoms with van der Waals surface area (Å²) < 4.78 is 0. The molecule has 134 valence electrons. The minimum Gasteiger partial charge on any atom is -0.481 e. The monoisotopic (exact) mass is 346 g/mol. The van der Waals surface area contributed by atoms with Crippen LogP contribution in [0.25, 0.3) is 0 Å². The molecule has 1 aliphatic heterocycles. The molecule has 1 aliphatic rings. The topological polar surface area (TPSA) is 104 Å². The third-order valence-corrected chi connectivity index (χ3v) is 4.87. The van der Waals surface area contributed by atoms with Gasteiger partial charge in [0.25, 0.3) is 11.8 Å². The fraction of sp³-hybridized carbons (Fsp3) is 0.444. The first kappa shape index (κ1) is 18.6. The molecular formula is C18H22N2O5. The molecule has 7 heteroatoms. The largest absolute Gasteiger partial charge is 0.481 e. The highest BCUT2D eigenvalue weighted by Gasteiger charge is 2.36. The van der Waals surface area contributed by atoms with Gasteiger partial charge in [0.1, 0.15) is 0 Å². The second-order valence-corrected chi connectivity index (χ2v) is 6.13. The summed E-state index contributed by atoms with van der Waals surface area (Å²) in [5.41, 5.74) is -0.310. The molecule has 0 saturated heterocycles. The van der Waals surface area contributed by atoms with Crippen molar-refractivity contribution < 1.29 is 24.3 Å². The summed E-state index contributed by atoms with van der Waals surface area (Å²) in [5.74, 6) is -2.15. The molecule has 0 radical (unpaired) electrons. The number of amides is 3. The Bertz CT molecular complexity index is 674. The lowest BCUT2D eigenvalue weighted by Crippen LogP contribution is -2.43. The lowest BCUT2D eigenvalue weighted by molar-refractivity contribution is -0.149. The minimum absolute atomic E-state index is 0.0241. The lowest BCUT2D eigenvalue weighted by Gasteiger charge is -2.27. The SMILES string of the molecule is CCC(CC)(CNC(=O)CCN1C(=O)c2ccccc2C1=O)C(=O)O. The van der Waals surface area contributed by atoms with Crippen LogP contribution in [-0.2, 0) is 9.59 Å². The van der Waals surface area contributed by atoms with Crippen LogP contribution in [-0.4, -0.2) is 46.8 Å². The number of nitrogens with zero attached hydrogens (tertiary/aromatic N) is 1. The summed E-state index contributed by atoms with van der Waals surface area (Å²) in [6.45, 7) is 3.53. The molecule has 0 saturated carbocycles. The first-order valence-corrected chi connectivity index (χ1v) is 8.31. The van der Waals surface area contributed by atoms with Crippen molar-refractivity contribution in [2.75, 3.05) is 13.1 Å². The van der Waals surface area contributed by atoms with Gasteiger partial charge in [-0.05, 0) is 25.0 Å². The number of hydrogen-bond acceptors (Lipinski definition) is 4. The standard InChI is InChI=1S/C18H22N2O5/c1-3-18(4-2,17(24)25)11-19-14(21)9-10-20-15(22)12-7-5-6-8-13(12)16(20)23/h5-8H,3-4,9-11H2,1-2H3,(H,19,21)(H,24,25). The zero-order valence-corrected chi connectivity index (χ0v) is 14.4. The molecule has 0 spiro atoms. The van der Waals surface area contributed by atoms with E-state index in [2.05, 4.69) is 5.32 Å². The molecule has 0 unspecified atom stereocenters. The predicted molar refractivity (Wildman–Crippen MR) is 90.1 cm³/mol. The van der Waals surface area contributed by atoms with Gasteiger partial charge >= 0.3 is 5.97 Å². The summed E-state index contributed by atoms with van der Waals surface area (Å²) in [7, 11) is 0. The number of carbonyl (C=O) groups excluding carboxylic acids is 3. The van der Waals surface area contributed by atoms with Crippen LogP contribution in [0.4, 0.5) is 0 Å². The maximum absolute atomic E-state index is 12.2. The first-order chi connectivity index (χ1) is 11.9. The lowest BCUT2D eigenvalue weighted by atomic mass is 9.82. The molecule has 0 atom stereocenters. The van der Waals surface area contributed by atoms with E-state index in [-0.39, 0.29) is 25.4 Å².